The smallest absolute Gasteiger partial charge is 0.183 e. The van der Waals surface area contributed by atoms with Gasteiger partial charge in [-0.15, -0.1) is 5.10 Å². The zero-order valence-corrected chi connectivity index (χ0v) is 12.1. The molecular weight excluding hydrogens is 262 g/mol. The fourth-order valence-corrected chi connectivity index (χ4v) is 2.52. The van der Waals surface area contributed by atoms with Crippen LogP contribution in [0.4, 0.5) is 0 Å². The van der Waals surface area contributed by atoms with Crippen LogP contribution in [-0.4, -0.2) is 30.1 Å². The summed E-state index contributed by atoms with van der Waals surface area (Å²) < 4.78 is 5.65. The quantitative estimate of drug-likeness (QED) is 0.757. The van der Waals surface area contributed by atoms with Gasteiger partial charge < -0.3 is 0 Å². The maximum atomic E-state index is 12.3. The van der Waals surface area contributed by atoms with Gasteiger partial charge in [-0.3, -0.25) is 4.79 Å². The molecular formula is C12H17N5OS. The summed E-state index contributed by atoms with van der Waals surface area (Å²) in [6.07, 6.45) is 3.47. The molecule has 0 aliphatic rings. The number of Topliss-reactive ketones (excluding diaryl/α,β-unsaturated/α-hetero) is 1. The van der Waals surface area contributed by atoms with Gasteiger partial charge in [-0.2, -0.15) is 5.10 Å². The predicted molar refractivity (Wildman–Crippen MR) is 72.3 cm³/mol. The number of hydrogen-bond acceptors (Lipinski definition) is 6. The second kappa shape index (κ2) is 6.01. The Kier molecular flexibility index (Phi) is 4.36. The van der Waals surface area contributed by atoms with Gasteiger partial charge >= 0.3 is 0 Å². The highest BCUT2D eigenvalue weighted by atomic mass is 32.1. The molecule has 0 saturated carbocycles. The Morgan fingerprint density at radius 1 is 1.47 bits per heavy atom. The van der Waals surface area contributed by atoms with Crippen LogP contribution in [0.2, 0.25) is 0 Å². The number of ketones is 1. The van der Waals surface area contributed by atoms with Crippen molar-refractivity contribution in [3.8, 4) is 0 Å². The first-order valence-corrected chi connectivity index (χ1v) is 7.13. The lowest BCUT2D eigenvalue weighted by atomic mass is 10.1. The number of hydrogen-bond donors (Lipinski definition) is 0. The molecule has 0 fully saturated rings. The minimum Gasteiger partial charge on any atom is -0.293 e. The lowest BCUT2D eigenvalue weighted by Gasteiger charge is -2.08. The van der Waals surface area contributed by atoms with E-state index < -0.39 is 0 Å². The van der Waals surface area contributed by atoms with E-state index in [1.165, 1.54) is 17.9 Å². The molecule has 6 nitrogen and oxygen atoms in total. The molecule has 2 aromatic rings. The minimum absolute atomic E-state index is 0.0216. The molecule has 7 heteroatoms. The largest absolute Gasteiger partial charge is 0.293 e. The Balaban J connectivity index is 2.16. The minimum atomic E-state index is 0.0216. The third-order valence-electron chi connectivity index (χ3n) is 2.75. The molecule has 0 N–H and O–H groups in total. The summed E-state index contributed by atoms with van der Waals surface area (Å²) in [6.45, 7) is 6.09. The first kappa shape index (κ1) is 13.8. The summed E-state index contributed by atoms with van der Waals surface area (Å²) in [6, 6.07) is 0.194. The molecule has 2 rings (SSSR count). The second-order valence-corrected chi connectivity index (χ2v) is 5.37. The number of nitrogens with zero attached hydrogens (tertiary/aromatic N) is 5. The molecule has 0 aliphatic heterocycles. The van der Waals surface area contributed by atoms with Gasteiger partial charge in [-0.1, -0.05) is 17.8 Å². The van der Waals surface area contributed by atoms with E-state index in [0.29, 0.717) is 10.7 Å². The molecule has 0 aliphatic carbocycles. The van der Waals surface area contributed by atoms with Crippen LogP contribution in [0.15, 0.2) is 6.33 Å². The van der Waals surface area contributed by atoms with Gasteiger partial charge in [-0.05, 0) is 31.8 Å². The molecule has 0 radical (unpaired) electrons. The first-order valence-electron chi connectivity index (χ1n) is 6.36. The standard InChI is InChI=1S/C12H17N5OS/c1-4-5-9-12(19-16-15-9)10(18)6-11-13-7-14-17(11)8(2)3/h7-8H,4-6H2,1-3H3. The topological polar surface area (TPSA) is 73.6 Å². The number of aromatic nitrogens is 5. The average Bonchev–Trinajstić information content (AvgIpc) is 2.98. The van der Waals surface area contributed by atoms with Gasteiger partial charge in [0.05, 0.1) is 12.1 Å². The third-order valence-corrected chi connectivity index (χ3v) is 3.56. The van der Waals surface area contributed by atoms with Crippen LogP contribution < -0.4 is 0 Å². The van der Waals surface area contributed by atoms with E-state index in [9.17, 15) is 4.79 Å². The van der Waals surface area contributed by atoms with E-state index in [2.05, 4.69) is 26.6 Å². The van der Waals surface area contributed by atoms with Gasteiger partial charge in [0.1, 0.15) is 17.0 Å². The molecule has 0 spiro atoms. The van der Waals surface area contributed by atoms with Crippen LogP contribution in [-0.2, 0) is 12.8 Å². The number of rotatable bonds is 6. The van der Waals surface area contributed by atoms with E-state index in [4.69, 9.17) is 0 Å². The van der Waals surface area contributed by atoms with Crippen molar-refractivity contribution in [2.24, 2.45) is 0 Å². The fourth-order valence-electron chi connectivity index (χ4n) is 1.88. The van der Waals surface area contributed by atoms with Crippen molar-refractivity contribution in [2.45, 2.75) is 46.1 Å². The first-order chi connectivity index (χ1) is 9.13. The van der Waals surface area contributed by atoms with E-state index in [0.717, 1.165) is 18.5 Å². The second-order valence-electron chi connectivity index (χ2n) is 4.61. The zero-order valence-electron chi connectivity index (χ0n) is 11.3. The summed E-state index contributed by atoms with van der Waals surface area (Å²) >= 11 is 1.17. The maximum absolute atomic E-state index is 12.3. The monoisotopic (exact) mass is 279 g/mol. The Morgan fingerprint density at radius 2 is 2.26 bits per heavy atom. The number of carbonyl (C=O) groups is 1. The maximum Gasteiger partial charge on any atom is 0.183 e. The van der Waals surface area contributed by atoms with Crippen molar-refractivity contribution in [1.82, 2.24) is 24.4 Å². The van der Waals surface area contributed by atoms with Crippen molar-refractivity contribution < 1.29 is 4.79 Å². The summed E-state index contributed by atoms with van der Waals surface area (Å²) in [7, 11) is 0. The molecule has 0 atom stereocenters. The SMILES string of the molecule is CCCc1nnsc1C(=O)Cc1ncnn1C(C)C. The van der Waals surface area contributed by atoms with Crippen molar-refractivity contribution in [3.05, 3.63) is 22.7 Å². The van der Waals surface area contributed by atoms with E-state index >= 15 is 0 Å². The fraction of sp³-hybridized carbons (Fsp3) is 0.583. The molecule has 0 saturated heterocycles. The lowest BCUT2D eigenvalue weighted by Crippen LogP contribution is -2.13. The van der Waals surface area contributed by atoms with Crippen LogP contribution in [0, 0.1) is 0 Å². The Labute approximate surface area is 116 Å². The zero-order chi connectivity index (χ0) is 13.8. The molecule has 0 amide bonds. The van der Waals surface area contributed by atoms with Gasteiger partial charge in [0.15, 0.2) is 5.78 Å². The van der Waals surface area contributed by atoms with Crippen LogP contribution in [0.5, 0.6) is 0 Å². The molecule has 0 aromatic carbocycles. The van der Waals surface area contributed by atoms with Crippen LogP contribution in [0.25, 0.3) is 0 Å². The summed E-state index contributed by atoms with van der Waals surface area (Å²) in [4.78, 5) is 17.1. The van der Waals surface area contributed by atoms with Crippen molar-refractivity contribution >= 4 is 17.3 Å². The molecule has 19 heavy (non-hydrogen) atoms. The Morgan fingerprint density at radius 3 is 2.95 bits per heavy atom. The van der Waals surface area contributed by atoms with Gasteiger partial charge in [-0.25, -0.2) is 9.67 Å². The summed E-state index contributed by atoms with van der Waals surface area (Å²) in [5, 5.41) is 8.15. The molecule has 0 bridgehead atoms. The summed E-state index contributed by atoms with van der Waals surface area (Å²) in [5.41, 5.74) is 0.799. The van der Waals surface area contributed by atoms with Gasteiger partial charge in [0.2, 0.25) is 0 Å². The van der Waals surface area contributed by atoms with Crippen molar-refractivity contribution in [1.29, 1.82) is 0 Å². The molecule has 0 unspecified atom stereocenters. The average molecular weight is 279 g/mol. The molecule has 102 valence electrons. The third kappa shape index (κ3) is 3.04. The number of carbonyl (C=O) groups excluding carboxylic acids is 1. The normalized spacial score (nSPS) is 11.2. The lowest BCUT2D eigenvalue weighted by molar-refractivity contribution is 0.0992. The van der Waals surface area contributed by atoms with E-state index in [-0.39, 0.29) is 18.2 Å². The Hall–Kier alpha value is -1.63. The molecule has 2 aromatic heterocycles. The van der Waals surface area contributed by atoms with Crippen LogP contribution >= 0.6 is 11.5 Å². The predicted octanol–water partition coefficient (Wildman–Crippen LogP) is 2.09. The Bertz CT molecular complexity index is 560. The van der Waals surface area contributed by atoms with Gasteiger partial charge in [0, 0.05) is 6.04 Å². The summed E-state index contributed by atoms with van der Waals surface area (Å²) in [5.74, 6) is 0.712. The van der Waals surface area contributed by atoms with E-state index in [1.807, 2.05) is 13.8 Å². The highest BCUT2D eigenvalue weighted by Crippen LogP contribution is 2.16. The van der Waals surface area contributed by atoms with Crippen molar-refractivity contribution in [2.75, 3.05) is 0 Å². The highest BCUT2D eigenvalue weighted by molar-refractivity contribution is 7.08. The van der Waals surface area contributed by atoms with Crippen molar-refractivity contribution in [3.63, 3.8) is 0 Å². The van der Waals surface area contributed by atoms with Gasteiger partial charge in [0.25, 0.3) is 0 Å². The van der Waals surface area contributed by atoms with Crippen LogP contribution in [0.1, 0.15) is 54.4 Å². The van der Waals surface area contributed by atoms with E-state index in [1.54, 1.807) is 4.68 Å². The molecule has 2 heterocycles. The number of aryl methyl sites for hydroxylation is 1. The highest BCUT2D eigenvalue weighted by Gasteiger charge is 2.19. The van der Waals surface area contributed by atoms with Crippen LogP contribution in [0.3, 0.4) is 0 Å².